The van der Waals surface area contributed by atoms with Crippen LogP contribution in [0.25, 0.3) is 97.7 Å². The summed E-state index contributed by atoms with van der Waals surface area (Å²) in [6.07, 6.45) is 0. The number of nitrogens with zero attached hydrogens (tertiary/aromatic N) is 1. The zero-order chi connectivity index (χ0) is 41.7. The molecule has 12 aromatic rings. The number of anilines is 3. The number of rotatable bonds is 8. The molecule has 0 aliphatic rings. The van der Waals surface area contributed by atoms with Crippen LogP contribution in [-0.4, -0.2) is 0 Å². The molecule has 10 aromatic carbocycles. The number of thiophene rings is 1. The van der Waals surface area contributed by atoms with E-state index in [1.54, 1.807) is 0 Å². The van der Waals surface area contributed by atoms with Crippen molar-refractivity contribution in [1.82, 2.24) is 0 Å². The lowest BCUT2D eigenvalue weighted by Gasteiger charge is -2.26. The van der Waals surface area contributed by atoms with Crippen LogP contribution >= 0.6 is 11.3 Å². The summed E-state index contributed by atoms with van der Waals surface area (Å²) in [5.74, 6) is 0. The number of hydrogen-bond donors (Lipinski definition) is 0. The predicted octanol–water partition coefficient (Wildman–Crippen LogP) is 17.8. The fraction of sp³-hybridized carbons (Fsp3) is 0. The Morgan fingerprint density at radius 1 is 0.302 bits per heavy atom. The molecule has 2 heterocycles. The molecule has 63 heavy (non-hydrogen) atoms. The molecule has 0 radical (unpaired) electrons. The summed E-state index contributed by atoms with van der Waals surface area (Å²) >= 11 is 1.87. The highest BCUT2D eigenvalue weighted by Gasteiger charge is 2.17. The van der Waals surface area contributed by atoms with Gasteiger partial charge in [-0.25, -0.2) is 0 Å². The highest BCUT2D eigenvalue weighted by molar-refractivity contribution is 7.26. The van der Waals surface area contributed by atoms with Gasteiger partial charge in [0, 0.05) is 53.6 Å². The molecule has 0 atom stereocenters. The third-order valence-electron chi connectivity index (χ3n) is 12.3. The van der Waals surface area contributed by atoms with Crippen molar-refractivity contribution >= 4 is 70.5 Å². The minimum absolute atomic E-state index is 0.891. The molecule has 0 N–H and O–H groups in total. The van der Waals surface area contributed by atoms with Crippen molar-refractivity contribution in [3.8, 4) is 55.6 Å². The van der Waals surface area contributed by atoms with Crippen molar-refractivity contribution in [2.45, 2.75) is 0 Å². The summed E-state index contributed by atoms with van der Waals surface area (Å²) in [4.78, 5) is 2.35. The molecule has 2 nitrogen and oxygen atoms in total. The molecule has 0 spiro atoms. The average Bonchev–Trinajstić information content (AvgIpc) is 3.94. The summed E-state index contributed by atoms with van der Waals surface area (Å²) in [5, 5.41) is 4.87. The second-order valence-electron chi connectivity index (χ2n) is 16.1. The van der Waals surface area contributed by atoms with E-state index in [9.17, 15) is 0 Å². The van der Waals surface area contributed by atoms with Gasteiger partial charge in [-0.05, 0) is 105 Å². The Balaban J connectivity index is 0.905. The molecular weight excluding hydrogens is 783 g/mol. The summed E-state index contributed by atoms with van der Waals surface area (Å²) in [6, 6.07) is 85.2. The lowest BCUT2D eigenvalue weighted by atomic mass is 9.99. The Morgan fingerprint density at radius 2 is 0.746 bits per heavy atom. The van der Waals surface area contributed by atoms with Gasteiger partial charge < -0.3 is 9.32 Å². The first-order valence-corrected chi connectivity index (χ1v) is 22.2. The van der Waals surface area contributed by atoms with Gasteiger partial charge in [-0.3, -0.25) is 0 Å². The standard InChI is InChI=1S/C60H39NOS/c1-3-11-40(12-4-1)41-21-23-42(24-22-41)43-25-32-48(33-26-43)61(50-36-29-46(30-37-50)52-17-10-19-55-53-15-7-8-20-58(53)63-60(52)55)49-34-27-44(28-35-49)47-31-38-57-56(39-47)54-18-9-16-51(59(54)62-57)45-13-5-2-6-14-45/h1-39H. The third kappa shape index (κ3) is 6.67. The fourth-order valence-electron chi connectivity index (χ4n) is 9.13. The molecular formula is C60H39NOS. The van der Waals surface area contributed by atoms with Crippen LogP contribution in [0.15, 0.2) is 241 Å². The average molecular weight is 822 g/mol. The van der Waals surface area contributed by atoms with Crippen molar-refractivity contribution in [3.63, 3.8) is 0 Å². The Labute approximate surface area is 370 Å². The van der Waals surface area contributed by atoms with Crippen molar-refractivity contribution in [2.24, 2.45) is 0 Å². The van der Waals surface area contributed by atoms with Crippen LogP contribution in [0.5, 0.6) is 0 Å². The van der Waals surface area contributed by atoms with Gasteiger partial charge in [0.15, 0.2) is 0 Å². The Kier molecular flexibility index (Phi) is 9.06. The van der Waals surface area contributed by atoms with E-state index >= 15 is 0 Å². The molecule has 0 bridgehead atoms. The first kappa shape index (κ1) is 36.8. The van der Waals surface area contributed by atoms with Crippen molar-refractivity contribution in [1.29, 1.82) is 0 Å². The first-order valence-electron chi connectivity index (χ1n) is 21.4. The van der Waals surface area contributed by atoms with Crippen LogP contribution in [0, 0.1) is 0 Å². The molecule has 3 heteroatoms. The maximum absolute atomic E-state index is 6.50. The van der Waals surface area contributed by atoms with E-state index in [0.717, 1.165) is 61.3 Å². The van der Waals surface area contributed by atoms with Gasteiger partial charge in [-0.1, -0.05) is 182 Å². The van der Waals surface area contributed by atoms with Crippen LogP contribution in [0.2, 0.25) is 0 Å². The van der Waals surface area contributed by atoms with Crippen LogP contribution in [0.3, 0.4) is 0 Å². The number of para-hydroxylation sites is 1. The van der Waals surface area contributed by atoms with Crippen molar-refractivity contribution < 1.29 is 4.42 Å². The lowest BCUT2D eigenvalue weighted by Crippen LogP contribution is -2.09. The molecule has 296 valence electrons. The fourth-order valence-corrected chi connectivity index (χ4v) is 10.4. The summed E-state index contributed by atoms with van der Waals surface area (Å²) in [7, 11) is 0. The van der Waals surface area contributed by atoms with Gasteiger partial charge in [-0.15, -0.1) is 11.3 Å². The Morgan fingerprint density at radius 3 is 1.38 bits per heavy atom. The highest BCUT2D eigenvalue weighted by atomic mass is 32.1. The van der Waals surface area contributed by atoms with Crippen molar-refractivity contribution in [3.05, 3.63) is 237 Å². The van der Waals surface area contributed by atoms with Gasteiger partial charge >= 0.3 is 0 Å². The zero-order valence-electron chi connectivity index (χ0n) is 34.3. The third-order valence-corrected chi connectivity index (χ3v) is 13.6. The first-order chi connectivity index (χ1) is 31.2. The molecule has 2 aromatic heterocycles. The van der Waals surface area contributed by atoms with Gasteiger partial charge in [0.25, 0.3) is 0 Å². The largest absolute Gasteiger partial charge is 0.455 e. The maximum atomic E-state index is 6.50. The van der Waals surface area contributed by atoms with Crippen LogP contribution < -0.4 is 4.90 Å². The summed E-state index contributed by atoms with van der Waals surface area (Å²) < 4.78 is 9.14. The van der Waals surface area contributed by atoms with E-state index in [2.05, 4.69) is 235 Å². The van der Waals surface area contributed by atoms with E-state index in [-0.39, 0.29) is 0 Å². The van der Waals surface area contributed by atoms with E-state index in [1.807, 2.05) is 17.4 Å². The minimum atomic E-state index is 0.891. The topological polar surface area (TPSA) is 16.4 Å². The van der Waals surface area contributed by atoms with E-state index in [0.29, 0.717) is 0 Å². The smallest absolute Gasteiger partial charge is 0.143 e. The number of benzene rings is 10. The monoisotopic (exact) mass is 821 g/mol. The van der Waals surface area contributed by atoms with Gasteiger partial charge in [0.1, 0.15) is 11.2 Å². The van der Waals surface area contributed by atoms with Crippen LogP contribution in [0.4, 0.5) is 17.1 Å². The number of hydrogen-bond acceptors (Lipinski definition) is 3. The quantitative estimate of drug-likeness (QED) is 0.152. The molecule has 0 aliphatic carbocycles. The molecule has 0 unspecified atom stereocenters. The van der Waals surface area contributed by atoms with Gasteiger partial charge in [0.2, 0.25) is 0 Å². The van der Waals surface area contributed by atoms with Gasteiger partial charge in [0.05, 0.1) is 0 Å². The second kappa shape index (κ2) is 15.5. The van der Waals surface area contributed by atoms with E-state index < -0.39 is 0 Å². The summed E-state index contributed by atoms with van der Waals surface area (Å²) in [6.45, 7) is 0. The van der Waals surface area contributed by atoms with E-state index in [1.165, 1.54) is 53.6 Å². The van der Waals surface area contributed by atoms with Crippen LogP contribution in [-0.2, 0) is 0 Å². The SMILES string of the molecule is c1ccc(-c2ccc(-c3ccc(N(c4ccc(-c5ccc6oc7c(-c8ccccc8)cccc7c6c5)cc4)c4ccc(-c5cccc6c5sc5ccccc56)cc4)cc3)cc2)cc1. The zero-order valence-corrected chi connectivity index (χ0v) is 35.1. The molecule has 0 saturated carbocycles. The Bertz CT molecular complexity index is 3570. The molecule has 12 rings (SSSR count). The van der Waals surface area contributed by atoms with Crippen LogP contribution in [0.1, 0.15) is 0 Å². The molecule has 0 fully saturated rings. The van der Waals surface area contributed by atoms with Crippen molar-refractivity contribution in [2.75, 3.05) is 4.90 Å². The molecule has 0 saturated heterocycles. The number of furan rings is 1. The number of fused-ring (bicyclic) bond motifs is 6. The Hall–Kier alpha value is -7.98. The highest BCUT2D eigenvalue weighted by Crippen LogP contribution is 2.43. The molecule has 0 aliphatic heterocycles. The van der Waals surface area contributed by atoms with E-state index in [4.69, 9.17) is 4.42 Å². The summed E-state index contributed by atoms with van der Waals surface area (Å²) in [5.41, 5.74) is 16.9. The predicted molar refractivity (Wildman–Crippen MR) is 268 cm³/mol. The minimum Gasteiger partial charge on any atom is -0.455 e. The van der Waals surface area contributed by atoms with Gasteiger partial charge in [-0.2, -0.15) is 0 Å². The molecule has 0 amide bonds. The normalized spacial score (nSPS) is 11.5. The lowest BCUT2D eigenvalue weighted by molar-refractivity contribution is 0.670. The second-order valence-corrected chi connectivity index (χ2v) is 17.1. The maximum Gasteiger partial charge on any atom is 0.143 e.